The first kappa shape index (κ1) is 22.8. The molecule has 168 valence electrons. The van der Waals surface area contributed by atoms with Gasteiger partial charge in [0.25, 0.3) is 5.91 Å². The Balaban J connectivity index is 2.10. The second-order valence-corrected chi connectivity index (χ2v) is 9.05. The SMILES string of the molecule is CC(C)N(C(=O)c1c(C(O)(c2ccccc2)c2ccccc2)ccc2ccccc12)C(C)C. The minimum atomic E-state index is -1.49. The van der Waals surface area contributed by atoms with Gasteiger partial charge in [-0.3, -0.25) is 4.79 Å². The molecule has 0 heterocycles. The molecule has 0 aliphatic carbocycles. The topological polar surface area (TPSA) is 40.5 Å². The van der Waals surface area contributed by atoms with Crippen LogP contribution >= 0.6 is 0 Å². The first-order valence-corrected chi connectivity index (χ1v) is 11.5. The highest BCUT2D eigenvalue weighted by Gasteiger charge is 2.39. The van der Waals surface area contributed by atoms with E-state index in [0.29, 0.717) is 11.1 Å². The average molecular weight is 438 g/mol. The molecule has 1 amide bonds. The number of hydrogen-bond donors (Lipinski definition) is 1. The molecule has 4 aromatic carbocycles. The first-order chi connectivity index (χ1) is 15.9. The van der Waals surface area contributed by atoms with Crippen LogP contribution in [0.1, 0.15) is 54.7 Å². The van der Waals surface area contributed by atoms with E-state index in [1.54, 1.807) is 0 Å². The van der Waals surface area contributed by atoms with Gasteiger partial charge in [0.1, 0.15) is 5.60 Å². The lowest BCUT2D eigenvalue weighted by Gasteiger charge is -2.36. The van der Waals surface area contributed by atoms with E-state index in [-0.39, 0.29) is 18.0 Å². The van der Waals surface area contributed by atoms with Crippen LogP contribution in [0.3, 0.4) is 0 Å². The number of nitrogens with zero attached hydrogens (tertiary/aromatic N) is 1. The van der Waals surface area contributed by atoms with E-state index >= 15 is 0 Å². The maximum atomic E-state index is 14.2. The second kappa shape index (κ2) is 9.21. The van der Waals surface area contributed by atoms with Gasteiger partial charge in [-0.15, -0.1) is 0 Å². The summed E-state index contributed by atoms with van der Waals surface area (Å²) in [4.78, 5) is 16.1. The first-order valence-electron chi connectivity index (χ1n) is 11.5. The summed E-state index contributed by atoms with van der Waals surface area (Å²) in [6.07, 6.45) is 0. The van der Waals surface area contributed by atoms with Gasteiger partial charge in [-0.25, -0.2) is 0 Å². The van der Waals surface area contributed by atoms with Gasteiger partial charge in [-0.2, -0.15) is 0 Å². The van der Waals surface area contributed by atoms with Crippen molar-refractivity contribution >= 4 is 16.7 Å². The fraction of sp³-hybridized carbons (Fsp3) is 0.233. The lowest BCUT2D eigenvalue weighted by Crippen LogP contribution is -2.43. The second-order valence-electron chi connectivity index (χ2n) is 9.05. The molecule has 0 bridgehead atoms. The van der Waals surface area contributed by atoms with Crippen molar-refractivity contribution in [1.82, 2.24) is 4.90 Å². The molecule has 0 aliphatic rings. The molecule has 0 radical (unpaired) electrons. The summed E-state index contributed by atoms with van der Waals surface area (Å²) >= 11 is 0. The molecular formula is C30H31NO2. The number of rotatable bonds is 6. The van der Waals surface area contributed by atoms with Gasteiger partial charge in [-0.05, 0) is 49.6 Å². The van der Waals surface area contributed by atoms with Crippen LogP contribution in [0.5, 0.6) is 0 Å². The third-order valence-corrected chi connectivity index (χ3v) is 6.26. The van der Waals surface area contributed by atoms with E-state index in [1.165, 1.54) is 0 Å². The lowest BCUT2D eigenvalue weighted by atomic mass is 9.77. The fourth-order valence-electron chi connectivity index (χ4n) is 4.83. The van der Waals surface area contributed by atoms with E-state index in [9.17, 15) is 9.90 Å². The van der Waals surface area contributed by atoms with Gasteiger partial charge < -0.3 is 10.0 Å². The Bertz CT molecular complexity index is 1200. The van der Waals surface area contributed by atoms with E-state index in [2.05, 4.69) is 0 Å². The van der Waals surface area contributed by atoms with Crippen LogP contribution < -0.4 is 0 Å². The van der Waals surface area contributed by atoms with Crippen molar-refractivity contribution in [3.63, 3.8) is 0 Å². The summed E-state index contributed by atoms with van der Waals surface area (Å²) in [6.45, 7) is 8.12. The molecule has 33 heavy (non-hydrogen) atoms. The molecule has 0 saturated carbocycles. The maximum absolute atomic E-state index is 14.2. The number of fused-ring (bicyclic) bond motifs is 1. The van der Waals surface area contributed by atoms with Crippen molar-refractivity contribution in [1.29, 1.82) is 0 Å². The van der Waals surface area contributed by atoms with Crippen LogP contribution in [0.15, 0.2) is 97.1 Å². The van der Waals surface area contributed by atoms with E-state index in [0.717, 1.165) is 21.9 Å². The fourth-order valence-corrected chi connectivity index (χ4v) is 4.83. The standard InChI is InChI=1S/C30H31NO2/c1-21(2)31(22(3)4)29(32)28-26-18-12-11-13-23(26)19-20-27(28)30(33,24-14-7-5-8-15-24)25-16-9-6-10-17-25/h5-22,33H,1-4H3. The third-order valence-electron chi connectivity index (χ3n) is 6.26. The van der Waals surface area contributed by atoms with Crippen LogP contribution in [0, 0.1) is 0 Å². The Morgan fingerprint density at radius 3 is 1.70 bits per heavy atom. The Labute approximate surface area is 196 Å². The van der Waals surface area contributed by atoms with Crippen molar-refractivity contribution in [3.05, 3.63) is 119 Å². The summed E-state index contributed by atoms with van der Waals surface area (Å²) in [7, 11) is 0. The largest absolute Gasteiger partial charge is 0.376 e. The summed E-state index contributed by atoms with van der Waals surface area (Å²) in [5.74, 6) is -0.0721. The zero-order valence-corrected chi connectivity index (χ0v) is 19.7. The Morgan fingerprint density at radius 1 is 0.697 bits per heavy atom. The number of carbonyl (C=O) groups excluding carboxylic acids is 1. The zero-order valence-electron chi connectivity index (χ0n) is 19.7. The molecule has 4 aromatic rings. The van der Waals surface area contributed by atoms with Crippen LogP contribution in [0.25, 0.3) is 10.8 Å². The van der Waals surface area contributed by atoms with E-state index < -0.39 is 5.60 Å². The van der Waals surface area contributed by atoms with Crippen molar-refractivity contribution in [3.8, 4) is 0 Å². The lowest BCUT2D eigenvalue weighted by molar-refractivity contribution is 0.0631. The minimum Gasteiger partial charge on any atom is -0.376 e. The molecule has 0 spiro atoms. The predicted molar refractivity (Wildman–Crippen MR) is 135 cm³/mol. The highest BCUT2D eigenvalue weighted by atomic mass is 16.3. The molecule has 0 unspecified atom stereocenters. The van der Waals surface area contributed by atoms with Gasteiger partial charge in [0, 0.05) is 17.6 Å². The van der Waals surface area contributed by atoms with Crippen LogP contribution in [-0.2, 0) is 5.60 Å². The molecule has 3 nitrogen and oxygen atoms in total. The van der Waals surface area contributed by atoms with Gasteiger partial charge in [-0.1, -0.05) is 97.1 Å². The third kappa shape index (κ3) is 4.05. The molecule has 0 saturated heterocycles. The number of carbonyl (C=O) groups is 1. The van der Waals surface area contributed by atoms with Gasteiger partial charge in [0.15, 0.2) is 0 Å². The number of hydrogen-bond acceptors (Lipinski definition) is 2. The quantitative estimate of drug-likeness (QED) is 0.355. The smallest absolute Gasteiger partial charge is 0.255 e. The van der Waals surface area contributed by atoms with E-state index in [4.69, 9.17) is 0 Å². The normalized spacial score (nSPS) is 11.8. The van der Waals surface area contributed by atoms with Gasteiger partial charge >= 0.3 is 0 Å². The Kier molecular flexibility index (Phi) is 6.35. The van der Waals surface area contributed by atoms with Gasteiger partial charge in [0.2, 0.25) is 0 Å². The molecule has 1 N–H and O–H groups in total. The number of benzene rings is 4. The molecule has 4 rings (SSSR count). The van der Waals surface area contributed by atoms with Crippen LogP contribution in [0.2, 0.25) is 0 Å². The highest BCUT2D eigenvalue weighted by molar-refractivity contribution is 6.09. The van der Waals surface area contributed by atoms with Crippen molar-refractivity contribution < 1.29 is 9.90 Å². The average Bonchev–Trinajstić information content (AvgIpc) is 2.83. The van der Waals surface area contributed by atoms with Gasteiger partial charge in [0.05, 0.1) is 5.56 Å². The van der Waals surface area contributed by atoms with Crippen LogP contribution in [0.4, 0.5) is 0 Å². The number of aliphatic hydroxyl groups is 1. The monoisotopic (exact) mass is 437 g/mol. The summed E-state index contributed by atoms with van der Waals surface area (Å²) in [5, 5.41) is 14.3. The molecule has 0 atom stereocenters. The zero-order chi connectivity index (χ0) is 23.6. The highest BCUT2D eigenvalue weighted by Crippen LogP contribution is 2.41. The predicted octanol–water partition coefficient (Wildman–Crippen LogP) is 6.38. The summed E-state index contributed by atoms with van der Waals surface area (Å²) in [5.41, 5.74) is 1.10. The Morgan fingerprint density at radius 2 is 1.18 bits per heavy atom. The van der Waals surface area contributed by atoms with Crippen molar-refractivity contribution in [2.24, 2.45) is 0 Å². The molecular weight excluding hydrogens is 406 g/mol. The van der Waals surface area contributed by atoms with Crippen molar-refractivity contribution in [2.45, 2.75) is 45.4 Å². The molecule has 0 aliphatic heterocycles. The minimum absolute atomic E-state index is 0.0193. The molecule has 3 heteroatoms. The van der Waals surface area contributed by atoms with Crippen LogP contribution in [-0.4, -0.2) is 28.0 Å². The summed E-state index contributed by atoms with van der Waals surface area (Å²) in [6, 6.07) is 31.0. The maximum Gasteiger partial charge on any atom is 0.255 e. The van der Waals surface area contributed by atoms with Crippen molar-refractivity contribution in [2.75, 3.05) is 0 Å². The number of amides is 1. The Hall–Kier alpha value is -3.43. The van der Waals surface area contributed by atoms with E-state index in [1.807, 2.05) is 130 Å². The summed E-state index contributed by atoms with van der Waals surface area (Å²) < 4.78 is 0. The molecule has 0 aromatic heterocycles. The molecule has 0 fully saturated rings.